The third-order valence-corrected chi connectivity index (χ3v) is 3.24. The summed E-state index contributed by atoms with van der Waals surface area (Å²) in [4.78, 5) is 25.7. The molecule has 0 unspecified atom stereocenters. The average molecular weight is 277 g/mol. The Kier molecular flexibility index (Phi) is 5.09. The molecule has 0 aromatic heterocycles. The molecule has 1 aromatic carbocycles. The predicted octanol–water partition coefficient (Wildman–Crippen LogP) is 0.515. The molecule has 1 fully saturated rings. The zero-order valence-electron chi connectivity index (χ0n) is 11.5. The average Bonchev–Trinajstić information content (AvgIpc) is 2.49. The first kappa shape index (κ1) is 14.5. The number of imide groups is 1. The van der Waals surface area contributed by atoms with Crippen LogP contribution in [-0.4, -0.2) is 50.2 Å². The number of ether oxygens (including phenoxy) is 1. The lowest BCUT2D eigenvalue weighted by Gasteiger charge is -2.33. The summed E-state index contributed by atoms with van der Waals surface area (Å²) in [6, 6.07) is 8.48. The number of carbonyl (C=O) groups is 2. The molecule has 2 N–H and O–H groups in total. The van der Waals surface area contributed by atoms with E-state index >= 15 is 0 Å². The van der Waals surface area contributed by atoms with Gasteiger partial charge in [0.05, 0.1) is 13.2 Å². The van der Waals surface area contributed by atoms with E-state index < -0.39 is 12.1 Å². The lowest BCUT2D eigenvalue weighted by Crippen LogP contribution is -2.48. The van der Waals surface area contributed by atoms with Crippen LogP contribution in [0.3, 0.4) is 0 Å². The topological polar surface area (TPSA) is 70.7 Å². The standard InChI is InChI=1S/C14H19N3O3/c1-15-14(19)16-13(18)12(11-5-3-2-4-6-11)17-7-9-20-10-8-17/h2-6,12H,7-10H2,1H3,(H2,15,16,18,19)/t12-/m0/s1. The van der Waals surface area contributed by atoms with Gasteiger partial charge in [0.15, 0.2) is 0 Å². The maximum Gasteiger partial charge on any atom is 0.321 e. The highest BCUT2D eigenvalue weighted by Gasteiger charge is 2.29. The number of hydrogen-bond donors (Lipinski definition) is 2. The summed E-state index contributed by atoms with van der Waals surface area (Å²) in [5.41, 5.74) is 0.871. The molecule has 1 atom stereocenters. The molecular formula is C14H19N3O3. The minimum atomic E-state index is -0.496. The maximum atomic E-state index is 12.4. The fraction of sp³-hybridized carbons (Fsp3) is 0.429. The molecule has 1 aliphatic rings. The van der Waals surface area contributed by atoms with E-state index in [1.165, 1.54) is 7.05 Å². The second-order valence-corrected chi connectivity index (χ2v) is 4.53. The van der Waals surface area contributed by atoms with Crippen LogP contribution in [0.15, 0.2) is 30.3 Å². The molecule has 1 heterocycles. The Morgan fingerprint density at radius 1 is 1.20 bits per heavy atom. The van der Waals surface area contributed by atoms with Crippen molar-refractivity contribution in [3.8, 4) is 0 Å². The van der Waals surface area contributed by atoms with E-state index in [0.717, 1.165) is 5.56 Å². The zero-order chi connectivity index (χ0) is 14.4. The Morgan fingerprint density at radius 3 is 2.45 bits per heavy atom. The van der Waals surface area contributed by atoms with Gasteiger partial charge in [-0.05, 0) is 5.56 Å². The quantitative estimate of drug-likeness (QED) is 0.845. The van der Waals surface area contributed by atoms with E-state index in [2.05, 4.69) is 10.6 Å². The van der Waals surface area contributed by atoms with E-state index in [0.29, 0.717) is 26.3 Å². The summed E-state index contributed by atoms with van der Waals surface area (Å²) in [7, 11) is 1.48. The molecule has 20 heavy (non-hydrogen) atoms. The highest BCUT2D eigenvalue weighted by atomic mass is 16.5. The highest BCUT2D eigenvalue weighted by molar-refractivity contribution is 5.97. The number of urea groups is 1. The maximum absolute atomic E-state index is 12.4. The van der Waals surface area contributed by atoms with Crippen molar-refractivity contribution < 1.29 is 14.3 Å². The van der Waals surface area contributed by atoms with Gasteiger partial charge in [-0.3, -0.25) is 15.0 Å². The Morgan fingerprint density at radius 2 is 1.85 bits per heavy atom. The third kappa shape index (κ3) is 3.55. The van der Waals surface area contributed by atoms with Crippen LogP contribution in [0.4, 0.5) is 4.79 Å². The molecule has 0 aliphatic carbocycles. The van der Waals surface area contributed by atoms with Gasteiger partial charge < -0.3 is 10.1 Å². The van der Waals surface area contributed by atoms with E-state index in [4.69, 9.17) is 4.74 Å². The summed E-state index contributed by atoms with van der Waals surface area (Å²) in [5, 5.41) is 4.75. The Hall–Kier alpha value is -1.92. The molecule has 108 valence electrons. The number of benzene rings is 1. The molecule has 3 amide bonds. The van der Waals surface area contributed by atoms with Gasteiger partial charge in [-0.1, -0.05) is 30.3 Å². The molecule has 6 heteroatoms. The van der Waals surface area contributed by atoms with Gasteiger partial charge in [0.25, 0.3) is 0 Å². The minimum absolute atomic E-state index is 0.322. The van der Waals surface area contributed by atoms with Gasteiger partial charge in [-0.15, -0.1) is 0 Å². The Labute approximate surface area is 118 Å². The van der Waals surface area contributed by atoms with Gasteiger partial charge in [-0.25, -0.2) is 4.79 Å². The van der Waals surface area contributed by atoms with Crippen LogP contribution in [0.1, 0.15) is 11.6 Å². The molecule has 1 aromatic rings. The first-order chi connectivity index (χ1) is 9.72. The number of rotatable bonds is 3. The van der Waals surface area contributed by atoms with Crippen molar-refractivity contribution in [1.82, 2.24) is 15.5 Å². The molecule has 0 radical (unpaired) electrons. The van der Waals surface area contributed by atoms with Crippen LogP contribution < -0.4 is 10.6 Å². The number of carbonyl (C=O) groups excluding carboxylic acids is 2. The number of nitrogens with one attached hydrogen (secondary N) is 2. The van der Waals surface area contributed by atoms with Crippen molar-refractivity contribution in [1.29, 1.82) is 0 Å². The van der Waals surface area contributed by atoms with E-state index in [1.54, 1.807) is 0 Å². The minimum Gasteiger partial charge on any atom is -0.379 e. The first-order valence-electron chi connectivity index (χ1n) is 6.61. The summed E-state index contributed by atoms with van der Waals surface area (Å²) in [6.45, 7) is 2.52. The third-order valence-electron chi connectivity index (χ3n) is 3.24. The molecular weight excluding hydrogens is 258 g/mol. The predicted molar refractivity (Wildman–Crippen MR) is 74.2 cm³/mol. The second-order valence-electron chi connectivity index (χ2n) is 4.53. The van der Waals surface area contributed by atoms with Crippen LogP contribution in [0.2, 0.25) is 0 Å². The fourth-order valence-corrected chi connectivity index (χ4v) is 2.24. The molecule has 0 bridgehead atoms. The van der Waals surface area contributed by atoms with Crippen molar-refractivity contribution in [2.45, 2.75) is 6.04 Å². The normalized spacial score (nSPS) is 17.2. The first-order valence-corrected chi connectivity index (χ1v) is 6.61. The van der Waals surface area contributed by atoms with Crippen LogP contribution in [0, 0.1) is 0 Å². The summed E-state index contributed by atoms with van der Waals surface area (Å²) in [5.74, 6) is -0.322. The van der Waals surface area contributed by atoms with Crippen molar-refractivity contribution >= 4 is 11.9 Å². The Bertz CT molecular complexity index is 458. The fourth-order valence-electron chi connectivity index (χ4n) is 2.24. The van der Waals surface area contributed by atoms with Crippen LogP contribution >= 0.6 is 0 Å². The van der Waals surface area contributed by atoms with Gasteiger partial charge in [-0.2, -0.15) is 0 Å². The van der Waals surface area contributed by atoms with E-state index in [9.17, 15) is 9.59 Å². The molecule has 2 rings (SSSR count). The van der Waals surface area contributed by atoms with Crippen LogP contribution in [0.5, 0.6) is 0 Å². The van der Waals surface area contributed by atoms with E-state index in [-0.39, 0.29) is 5.91 Å². The highest BCUT2D eigenvalue weighted by Crippen LogP contribution is 2.21. The second kappa shape index (κ2) is 7.02. The van der Waals surface area contributed by atoms with E-state index in [1.807, 2.05) is 35.2 Å². The SMILES string of the molecule is CNC(=O)NC(=O)[C@H](c1ccccc1)N1CCOCC1. The van der Waals surface area contributed by atoms with Gasteiger partial charge in [0.1, 0.15) is 6.04 Å². The molecule has 6 nitrogen and oxygen atoms in total. The van der Waals surface area contributed by atoms with Gasteiger partial charge in [0, 0.05) is 20.1 Å². The summed E-state index contributed by atoms with van der Waals surface area (Å²) in [6.07, 6.45) is 0. The Balaban J connectivity index is 2.19. The number of amides is 3. The lowest BCUT2D eigenvalue weighted by molar-refractivity contribution is -0.127. The van der Waals surface area contributed by atoms with Crippen molar-refractivity contribution in [2.24, 2.45) is 0 Å². The lowest BCUT2D eigenvalue weighted by atomic mass is 10.0. The largest absolute Gasteiger partial charge is 0.379 e. The van der Waals surface area contributed by atoms with Crippen molar-refractivity contribution in [3.05, 3.63) is 35.9 Å². The summed E-state index contributed by atoms with van der Waals surface area (Å²) >= 11 is 0. The molecule has 0 spiro atoms. The smallest absolute Gasteiger partial charge is 0.321 e. The number of morpholine rings is 1. The van der Waals surface area contributed by atoms with Crippen molar-refractivity contribution in [2.75, 3.05) is 33.4 Å². The molecule has 1 aliphatic heterocycles. The van der Waals surface area contributed by atoms with Crippen LogP contribution in [0.25, 0.3) is 0 Å². The zero-order valence-corrected chi connectivity index (χ0v) is 11.5. The number of nitrogens with zero attached hydrogens (tertiary/aromatic N) is 1. The van der Waals surface area contributed by atoms with Crippen molar-refractivity contribution in [3.63, 3.8) is 0 Å². The van der Waals surface area contributed by atoms with Gasteiger partial charge in [0.2, 0.25) is 5.91 Å². The van der Waals surface area contributed by atoms with Gasteiger partial charge >= 0.3 is 6.03 Å². The number of hydrogen-bond acceptors (Lipinski definition) is 4. The summed E-state index contributed by atoms with van der Waals surface area (Å²) < 4.78 is 5.32. The van der Waals surface area contributed by atoms with Crippen LogP contribution in [-0.2, 0) is 9.53 Å². The molecule has 1 saturated heterocycles. The monoisotopic (exact) mass is 277 g/mol. The molecule has 0 saturated carbocycles.